The molecule has 0 bridgehead atoms. The van der Waals surface area contributed by atoms with E-state index in [9.17, 15) is 5.11 Å². The van der Waals surface area contributed by atoms with Crippen molar-refractivity contribution in [2.24, 2.45) is 5.10 Å². The Kier molecular flexibility index (Phi) is 4.70. The summed E-state index contributed by atoms with van der Waals surface area (Å²) >= 11 is 1.45. The quantitative estimate of drug-likeness (QED) is 0.640. The van der Waals surface area contributed by atoms with Gasteiger partial charge < -0.3 is 14.6 Å². The van der Waals surface area contributed by atoms with Crippen molar-refractivity contribution in [1.82, 2.24) is 9.99 Å². The van der Waals surface area contributed by atoms with Crippen molar-refractivity contribution >= 4 is 39.2 Å². The summed E-state index contributed by atoms with van der Waals surface area (Å²) in [6.45, 7) is 0.133. The summed E-state index contributed by atoms with van der Waals surface area (Å²) in [5.74, 6) is 1.44. The van der Waals surface area contributed by atoms with Gasteiger partial charge in [0, 0.05) is 0 Å². The molecule has 1 aromatic heterocycles. The standard InChI is InChI=1S/C20H18N4O3S/c1-26-15-8-7-12(9-16(15)27-2)10-22-24-11-14(25)18(19(24)21)20-23-13-5-3-4-6-17(13)28-20/h3-10,21,25H,11H2,1-2H3/b21-19?,22-10+. The number of thiazole rings is 1. The molecule has 1 aliphatic heterocycles. The van der Waals surface area contributed by atoms with Gasteiger partial charge in [-0.15, -0.1) is 11.3 Å². The van der Waals surface area contributed by atoms with Gasteiger partial charge >= 0.3 is 0 Å². The van der Waals surface area contributed by atoms with Gasteiger partial charge in [-0.2, -0.15) is 5.10 Å². The first-order valence-electron chi connectivity index (χ1n) is 8.51. The van der Waals surface area contributed by atoms with Crippen molar-refractivity contribution in [3.8, 4) is 11.5 Å². The van der Waals surface area contributed by atoms with E-state index in [-0.39, 0.29) is 18.1 Å². The summed E-state index contributed by atoms with van der Waals surface area (Å²) in [5.41, 5.74) is 2.06. The SMILES string of the molecule is COc1ccc(/C=N/N2CC(O)=C(c3nc4ccccc4s3)C2=N)cc1OC. The zero-order chi connectivity index (χ0) is 19.7. The Morgan fingerprint density at radius 1 is 1.18 bits per heavy atom. The van der Waals surface area contributed by atoms with E-state index in [2.05, 4.69) is 10.1 Å². The van der Waals surface area contributed by atoms with Crippen molar-refractivity contribution in [3.05, 3.63) is 58.8 Å². The summed E-state index contributed by atoms with van der Waals surface area (Å²) in [7, 11) is 3.15. The fourth-order valence-corrected chi connectivity index (χ4v) is 3.97. The predicted octanol–water partition coefficient (Wildman–Crippen LogP) is 3.91. The summed E-state index contributed by atoms with van der Waals surface area (Å²) in [6, 6.07) is 13.2. The Morgan fingerprint density at radius 3 is 2.71 bits per heavy atom. The van der Waals surface area contributed by atoms with Crippen molar-refractivity contribution in [1.29, 1.82) is 5.41 Å². The number of hydrogen-bond acceptors (Lipinski definition) is 7. The maximum absolute atomic E-state index is 10.4. The molecule has 0 aliphatic carbocycles. The molecule has 0 atom stereocenters. The number of ether oxygens (including phenoxy) is 2. The van der Waals surface area contributed by atoms with E-state index in [1.165, 1.54) is 16.3 Å². The van der Waals surface area contributed by atoms with Gasteiger partial charge in [-0.25, -0.2) is 9.99 Å². The first kappa shape index (κ1) is 18.0. The maximum atomic E-state index is 10.4. The Labute approximate surface area is 165 Å². The number of aliphatic hydroxyl groups excluding tert-OH is 1. The van der Waals surface area contributed by atoms with Gasteiger partial charge in [0.05, 0.1) is 36.2 Å². The van der Waals surface area contributed by atoms with Crippen molar-refractivity contribution < 1.29 is 14.6 Å². The number of aliphatic hydroxyl groups is 1. The molecule has 7 nitrogen and oxygen atoms in total. The number of hydrogen-bond donors (Lipinski definition) is 2. The summed E-state index contributed by atoms with van der Waals surface area (Å²) in [5, 5.41) is 25.2. The maximum Gasteiger partial charge on any atom is 0.161 e. The number of methoxy groups -OCH3 is 2. The largest absolute Gasteiger partial charge is 0.509 e. The van der Waals surface area contributed by atoms with Gasteiger partial charge in [0.25, 0.3) is 0 Å². The molecule has 2 N–H and O–H groups in total. The molecular weight excluding hydrogens is 376 g/mol. The number of hydrazone groups is 1. The molecule has 0 saturated carbocycles. The molecule has 142 valence electrons. The zero-order valence-electron chi connectivity index (χ0n) is 15.3. The highest BCUT2D eigenvalue weighted by Gasteiger charge is 2.30. The third-order valence-corrected chi connectivity index (χ3v) is 5.40. The lowest BCUT2D eigenvalue weighted by Crippen LogP contribution is -2.20. The van der Waals surface area contributed by atoms with Crippen LogP contribution in [0.3, 0.4) is 0 Å². The second-order valence-corrected chi connectivity index (χ2v) is 7.10. The van der Waals surface area contributed by atoms with Crippen LogP contribution >= 0.6 is 11.3 Å². The van der Waals surface area contributed by atoms with E-state index in [0.717, 1.165) is 15.8 Å². The van der Waals surface area contributed by atoms with Crippen molar-refractivity contribution in [2.75, 3.05) is 20.8 Å². The number of para-hydroxylation sites is 1. The Balaban J connectivity index is 1.57. The second kappa shape index (κ2) is 7.32. The monoisotopic (exact) mass is 394 g/mol. The molecule has 0 saturated heterocycles. The van der Waals surface area contributed by atoms with E-state index in [4.69, 9.17) is 14.9 Å². The van der Waals surface area contributed by atoms with Gasteiger partial charge in [0.1, 0.15) is 17.3 Å². The third kappa shape index (κ3) is 3.18. The molecule has 2 aromatic carbocycles. The van der Waals surface area contributed by atoms with Gasteiger partial charge in [-0.05, 0) is 35.9 Å². The number of aromatic nitrogens is 1. The predicted molar refractivity (Wildman–Crippen MR) is 111 cm³/mol. The van der Waals surface area contributed by atoms with Crippen LogP contribution in [0, 0.1) is 5.41 Å². The smallest absolute Gasteiger partial charge is 0.161 e. The van der Waals surface area contributed by atoms with Crippen molar-refractivity contribution in [2.45, 2.75) is 0 Å². The average molecular weight is 394 g/mol. The molecule has 2 heterocycles. The number of rotatable bonds is 5. The van der Waals surface area contributed by atoms with E-state index in [1.807, 2.05) is 30.3 Å². The van der Waals surface area contributed by atoms with Crippen LogP contribution < -0.4 is 9.47 Å². The Morgan fingerprint density at radius 2 is 1.96 bits per heavy atom. The molecule has 0 radical (unpaired) electrons. The lowest BCUT2D eigenvalue weighted by atomic mass is 10.2. The van der Waals surface area contributed by atoms with Gasteiger partial charge in [-0.1, -0.05) is 12.1 Å². The molecule has 0 amide bonds. The van der Waals surface area contributed by atoms with E-state index in [0.29, 0.717) is 22.1 Å². The van der Waals surface area contributed by atoms with Crippen molar-refractivity contribution in [3.63, 3.8) is 0 Å². The topological polar surface area (TPSA) is 91.0 Å². The molecule has 1 aliphatic rings. The molecule has 0 spiro atoms. The number of fused-ring (bicyclic) bond motifs is 1. The summed E-state index contributed by atoms with van der Waals surface area (Å²) < 4.78 is 11.5. The van der Waals surface area contributed by atoms with Gasteiger partial charge in [0.2, 0.25) is 0 Å². The van der Waals surface area contributed by atoms with Gasteiger partial charge in [0.15, 0.2) is 17.3 Å². The molecular formula is C20H18N4O3S. The van der Waals surface area contributed by atoms with E-state index >= 15 is 0 Å². The minimum atomic E-state index is 0.0912. The van der Waals surface area contributed by atoms with E-state index < -0.39 is 0 Å². The first-order chi connectivity index (χ1) is 13.6. The van der Waals surface area contributed by atoms with Crippen LogP contribution in [0.5, 0.6) is 11.5 Å². The van der Waals surface area contributed by atoms with Crippen LogP contribution in [0.4, 0.5) is 0 Å². The highest BCUT2D eigenvalue weighted by Crippen LogP contribution is 2.33. The zero-order valence-corrected chi connectivity index (χ0v) is 16.2. The minimum absolute atomic E-state index is 0.0912. The van der Waals surface area contributed by atoms with Gasteiger partial charge in [-0.3, -0.25) is 5.41 Å². The highest BCUT2D eigenvalue weighted by atomic mass is 32.1. The number of nitrogens with zero attached hydrogens (tertiary/aromatic N) is 3. The van der Waals surface area contributed by atoms with Crippen LogP contribution in [-0.2, 0) is 0 Å². The molecule has 3 aromatic rings. The van der Waals surface area contributed by atoms with Crippen LogP contribution in [0.15, 0.2) is 53.3 Å². The minimum Gasteiger partial charge on any atom is -0.509 e. The number of benzene rings is 2. The van der Waals surface area contributed by atoms with Crippen LogP contribution in [0.25, 0.3) is 15.8 Å². The highest BCUT2D eigenvalue weighted by molar-refractivity contribution is 7.19. The lowest BCUT2D eigenvalue weighted by Gasteiger charge is -2.11. The third-order valence-electron chi connectivity index (χ3n) is 4.34. The first-order valence-corrected chi connectivity index (χ1v) is 9.33. The van der Waals surface area contributed by atoms with Crippen LogP contribution in [0.2, 0.25) is 0 Å². The number of nitrogens with one attached hydrogen (secondary N) is 1. The van der Waals surface area contributed by atoms with E-state index in [1.54, 1.807) is 32.6 Å². The Hall–Kier alpha value is -3.39. The Bertz CT molecular complexity index is 1090. The van der Waals surface area contributed by atoms with Crippen LogP contribution in [0.1, 0.15) is 10.6 Å². The molecule has 0 unspecified atom stereocenters. The summed E-state index contributed by atoms with van der Waals surface area (Å²) in [4.78, 5) is 4.54. The normalized spacial score (nSPS) is 14.5. The average Bonchev–Trinajstić information content (AvgIpc) is 3.25. The molecule has 8 heteroatoms. The fourth-order valence-electron chi connectivity index (χ4n) is 2.94. The fraction of sp³-hybridized carbons (Fsp3) is 0.150. The number of amidine groups is 1. The molecule has 4 rings (SSSR count). The van der Waals surface area contributed by atoms with Crippen LogP contribution in [-0.4, -0.2) is 47.9 Å². The molecule has 28 heavy (non-hydrogen) atoms. The summed E-state index contributed by atoms with van der Waals surface area (Å²) in [6.07, 6.45) is 1.62. The second-order valence-electron chi connectivity index (χ2n) is 6.07. The lowest BCUT2D eigenvalue weighted by molar-refractivity contribution is 0.354. The molecule has 0 fully saturated rings.